The molecule has 1 atom stereocenters. The summed E-state index contributed by atoms with van der Waals surface area (Å²) in [5.74, 6) is 0.910. The Balaban J connectivity index is 1.90. The van der Waals surface area contributed by atoms with Crippen LogP contribution < -0.4 is 10.1 Å². The average molecular weight is 257 g/mol. The second-order valence-electron chi connectivity index (χ2n) is 4.30. The Bertz CT molecular complexity index is 485. The van der Waals surface area contributed by atoms with Gasteiger partial charge in [-0.15, -0.1) is 0 Å². The van der Waals surface area contributed by atoms with Gasteiger partial charge in [0, 0.05) is 31.2 Å². The summed E-state index contributed by atoms with van der Waals surface area (Å²) in [5.41, 5.74) is 2.17. The topological polar surface area (TPSA) is 47.0 Å². The number of ether oxygens (including phenoxy) is 1. The Morgan fingerprint density at radius 2 is 2.00 bits per heavy atom. The van der Waals surface area contributed by atoms with Crippen molar-refractivity contribution in [3.8, 4) is 5.75 Å². The molecule has 1 N–H and O–H groups in total. The molecule has 0 radical (unpaired) electrons. The molecule has 0 saturated heterocycles. The molecule has 4 nitrogen and oxygen atoms in total. The predicted molar refractivity (Wildman–Crippen MR) is 74.9 cm³/mol. The predicted octanol–water partition coefficient (Wildman–Crippen LogP) is 2.73. The van der Waals surface area contributed by atoms with Crippen molar-refractivity contribution in [2.75, 3.05) is 6.61 Å². The highest BCUT2D eigenvalue weighted by molar-refractivity contribution is 5.28. The number of rotatable bonds is 6. The van der Waals surface area contributed by atoms with Crippen LogP contribution in [-0.2, 0) is 6.54 Å². The molecule has 1 unspecified atom stereocenters. The fraction of sp³-hybridized carbons (Fsp3) is 0.333. The molecular weight excluding hydrogens is 238 g/mol. The number of nitrogens with zero attached hydrogens (tertiary/aromatic N) is 2. The summed E-state index contributed by atoms with van der Waals surface area (Å²) >= 11 is 0. The van der Waals surface area contributed by atoms with Crippen molar-refractivity contribution in [3.63, 3.8) is 0 Å². The molecule has 1 heterocycles. The van der Waals surface area contributed by atoms with E-state index >= 15 is 0 Å². The lowest BCUT2D eigenvalue weighted by molar-refractivity contribution is 0.340. The van der Waals surface area contributed by atoms with Gasteiger partial charge in [0.1, 0.15) is 5.75 Å². The molecule has 0 amide bonds. The van der Waals surface area contributed by atoms with Crippen LogP contribution in [-0.4, -0.2) is 16.6 Å². The lowest BCUT2D eigenvalue weighted by atomic mass is 10.1. The maximum Gasteiger partial charge on any atom is 0.119 e. The van der Waals surface area contributed by atoms with E-state index in [0.29, 0.717) is 13.2 Å². The quantitative estimate of drug-likeness (QED) is 0.864. The summed E-state index contributed by atoms with van der Waals surface area (Å²) < 4.78 is 5.43. The van der Waals surface area contributed by atoms with Gasteiger partial charge < -0.3 is 10.1 Å². The maximum absolute atomic E-state index is 5.43. The normalized spacial score (nSPS) is 12.1. The molecule has 4 heteroatoms. The summed E-state index contributed by atoms with van der Waals surface area (Å²) in [4.78, 5) is 8.29. The van der Waals surface area contributed by atoms with Gasteiger partial charge in [-0.3, -0.25) is 9.97 Å². The van der Waals surface area contributed by atoms with Gasteiger partial charge in [-0.1, -0.05) is 12.1 Å². The van der Waals surface area contributed by atoms with Crippen LogP contribution in [0.25, 0.3) is 0 Å². The van der Waals surface area contributed by atoms with E-state index in [0.717, 1.165) is 11.4 Å². The average Bonchev–Trinajstić information content (AvgIpc) is 2.47. The van der Waals surface area contributed by atoms with Gasteiger partial charge in [0.2, 0.25) is 0 Å². The largest absolute Gasteiger partial charge is 0.494 e. The van der Waals surface area contributed by atoms with Gasteiger partial charge in [0.25, 0.3) is 0 Å². The third-order valence-electron chi connectivity index (χ3n) is 2.90. The summed E-state index contributed by atoms with van der Waals surface area (Å²) in [6.45, 7) is 5.52. The molecule has 1 aromatic heterocycles. The van der Waals surface area contributed by atoms with Crippen LogP contribution >= 0.6 is 0 Å². The van der Waals surface area contributed by atoms with Crippen molar-refractivity contribution in [1.29, 1.82) is 0 Å². The van der Waals surface area contributed by atoms with Gasteiger partial charge in [0.15, 0.2) is 0 Å². The molecule has 0 aliphatic carbocycles. The first-order valence-electron chi connectivity index (χ1n) is 6.50. The van der Waals surface area contributed by atoms with E-state index in [9.17, 15) is 0 Å². The van der Waals surface area contributed by atoms with E-state index in [1.54, 1.807) is 18.6 Å². The number of hydrogen-bond acceptors (Lipinski definition) is 4. The Morgan fingerprint density at radius 3 is 2.63 bits per heavy atom. The van der Waals surface area contributed by atoms with E-state index in [1.807, 2.05) is 19.1 Å². The van der Waals surface area contributed by atoms with Crippen LogP contribution in [0.1, 0.15) is 31.1 Å². The maximum atomic E-state index is 5.43. The Kier molecular flexibility index (Phi) is 4.86. The van der Waals surface area contributed by atoms with Crippen LogP contribution in [0.4, 0.5) is 0 Å². The van der Waals surface area contributed by atoms with E-state index in [2.05, 4.69) is 34.3 Å². The van der Waals surface area contributed by atoms with Crippen LogP contribution in [0.5, 0.6) is 5.75 Å². The standard InChI is InChI=1S/C15H19N3O/c1-3-19-15-6-4-13(5-7-15)12(2)18-11-14-10-16-8-9-17-14/h4-10,12,18H,3,11H2,1-2H3. The number of benzene rings is 1. The zero-order valence-corrected chi connectivity index (χ0v) is 11.3. The van der Waals surface area contributed by atoms with Crippen molar-refractivity contribution in [2.24, 2.45) is 0 Å². The Labute approximate surface area is 113 Å². The minimum atomic E-state index is 0.262. The molecule has 2 aromatic rings. The molecule has 2 rings (SSSR count). The first-order valence-corrected chi connectivity index (χ1v) is 6.50. The van der Waals surface area contributed by atoms with Crippen molar-refractivity contribution in [2.45, 2.75) is 26.4 Å². The molecule has 0 bridgehead atoms. The smallest absolute Gasteiger partial charge is 0.119 e. The van der Waals surface area contributed by atoms with E-state index < -0.39 is 0 Å². The number of nitrogens with one attached hydrogen (secondary N) is 1. The van der Waals surface area contributed by atoms with Crippen molar-refractivity contribution >= 4 is 0 Å². The molecule has 0 aliphatic rings. The second kappa shape index (κ2) is 6.85. The third kappa shape index (κ3) is 4.03. The second-order valence-corrected chi connectivity index (χ2v) is 4.30. The number of hydrogen-bond donors (Lipinski definition) is 1. The minimum Gasteiger partial charge on any atom is -0.494 e. The summed E-state index contributed by atoms with van der Waals surface area (Å²) in [5, 5.41) is 3.42. The lowest BCUT2D eigenvalue weighted by Crippen LogP contribution is -2.18. The van der Waals surface area contributed by atoms with E-state index in [1.165, 1.54) is 5.56 Å². The SMILES string of the molecule is CCOc1ccc(C(C)NCc2cnccn2)cc1. The third-order valence-corrected chi connectivity index (χ3v) is 2.90. The fourth-order valence-electron chi connectivity index (χ4n) is 1.82. The van der Waals surface area contributed by atoms with Crippen LogP contribution in [0.2, 0.25) is 0 Å². The van der Waals surface area contributed by atoms with Crippen molar-refractivity contribution < 1.29 is 4.74 Å². The highest BCUT2D eigenvalue weighted by Gasteiger charge is 2.05. The molecule has 0 spiro atoms. The lowest BCUT2D eigenvalue weighted by Gasteiger charge is -2.14. The molecule has 100 valence electrons. The summed E-state index contributed by atoms with van der Waals surface area (Å²) in [7, 11) is 0. The molecule has 19 heavy (non-hydrogen) atoms. The van der Waals surface area contributed by atoms with Gasteiger partial charge in [-0.25, -0.2) is 0 Å². The van der Waals surface area contributed by atoms with E-state index in [4.69, 9.17) is 4.74 Å². The summed E-state index contributed by atoms with van der Waals surface area (Å²) in [6, 6.07) is 8.43. The van der Waals surface area contributed by atoms with Gasteiger partial charge in [0.05, 0.1) is 12.3 Å². The highest BCUT2D eigenvalue weighted by atomic mass is 16.5. The Morgan fingerprint density at radius 1 is 1.21 bits per heavy atom. The highest BCUT2D eigenvalue weighted by Crippen LogP contribution is 2.17. The molecule has 1 aromatic carbocycles. The van der Waals surface area contributed by atoms with Gasteiger partial charge in [-0.2, -0.15) is 0 Å². The van der Waals surface area contributed by atoms with Crippen LogP contribution in [0.3, 0.4) is 0 Å². The Hall–Kier alpha value is -1.94. The zero-order chi connectivity index (χ0) is 13.5. The van der Waals surface area contributed by atoms with Crippen molar-refractivity contribution in [3.05, 3.63) is 54.1 Å². The van der Waals surface area contributed by atoms with E-state index in [-0.39, 0.29) is 6.04 Å². The molecule has 0 saturated carbocycles. The van der Waals surface area contributed by atoms with Gasteiger partial charge in [-0.05, 0) is 31.5 Å². The van der Waals surface area contributed by atoms with Gasteiger partial charge >= 0.3 is 0 Å². The minimum absolute atomic E-state index is 0.262. The van der Waals surface area contributed by atoms with Crippen LogP contribution in [0.15, 0.2) is 42.9 Å². The molecular formula is C15H19N3O. The van der Waals surface area contributed by atoms with Crippen LogP contribution in [0, 0.1) is 0 Å². The first-order chi connectivity index (χ1) is 9.29. The summed E-state index contributed by atoms with van der Waals surface area (Å²) in [6.07, 6.45) is 5.16. The zero-order valence-electron chi connectivity index (χ0n) is 11.3. The fourth-order valence-corrected chi connectivity index (χ4v) is 1.82. The molecule has 0 aliphatic heterocycles. The van der Waals surface area contributed by atoms with Crippen molar-refractivity contribution in [1.82, 2.24) is 15.3 Å². The first kappa shape index (κ1) is 13.5. The molecule has 0 fully saturated rings. The number of aromatic nitrogens is 2. The monoisotopic (exact) mass is 257 g/mol.